The zero-order valence-electron chi connectivity index (χ0n) is 17.4. The number of hydrogen-bond acceptors (Lipinski definition) is 5. The van der Waals surface area contributed by atoms with Crippen molar-refractivity contribution in [2.45, 2.75) is 29.1 Å². The second kappa shape index (κ2) is 7.91. The fourth-order valence-electron chi connectivity index (χ4n) is 4.41. The summed E-state index contributed by atoms with van der Waals surface area (Å²) in [7, 11) is -3.90. The predicted octanol–water partition coefficient (Wildman–Crippen LogP) is 4.31. The fourth-order valence-corrected chi connectivity index (χ4v) is 6.09. The van der Waals surface area contributed by atoms with Gasteiger partial charge in [0.15, 0.2) is 5.78 Å². The van der Waals surface area contributed by atoms with Crippen LogP contribution >= 0.6 is 0 Å². The Kier molecular flexibility index (Phi) is 5.06. The molecule has 1 amide bonds. The molecule has 162 valence electrons. The zero-order chi connectivity index (χ0) is 22.3. The summed E-state index contributed by atoms with van der Waals surface area (Å²) in [6, 6.07) is 18.0. The van der Waals surface area contributed by atoms with Gasteiger partial charge in [-0.1, -0.05) is 24.3 Å². The van der Waals surface area contributed by atoms with Crippen LogP contribution < -0.4 is 10.2 Å². The van der Waals surface area contributed by atoms with Crippen LogP contribution in [0.2, 0.25) is 0 Å². The highest BCUT2D eigenvalue weighted by atomic mass is 32.2. The van der Waals surface area contributed by atoms with Crippen LogP contribution in [0.1, 0.15) is 45.5 Å². The van der Waals surface area contributed by atoms with Crippen LogP contribution in [0.25, 0.3) is 0 Å². The molecule has 3 aromatic rings. The Morgan fingerprint density at radius 3 is 2.31 bits per heavy atom. The Morgan fingerprint density at radius 1 is 0.812 bits per heavy atom. The van der Waals surface area contributed by atoms with Crippen LogP contribution in [-0.2, 0) is 9.84 Å². The van der Waals surface area contributed by atoms with Gasteiger partial charge in [-0.2, -0.15) is 0 Å². The molecule has 0 bridgehead atoms. The summed E-state index contributed by atoms with van der Waals surface area (Å²) in [5, 5.41) is 2.93. The highest BCUT2D eigenvalue weighted by Gasteiger charge is 2.35. The lowest BCUT2D eigenvalue weighted by Crippen LogP contribution is -2.30. The minimum atomic E-state index is -3.90. The van der Waals surface area contributed by atoms with Crippen LogP contribution in [0.5, 0.6) is 0 Å². The molecule has 2 heterocycles. The van der Waals surface area contributed by atoms with E-state index >= 15 is 0 Å². The van der Waals surface area contributed by atoms with Gasteiger partial charge in [0.1, 0.15) is 0 Å². The van der Waals surface area contributed by atoms with E-state index in [0.29, 0.717) is 5.69 Å². The highest BCUT2D eigenvalue weighted by molar-refractivity contribution is 7.91. The molecular weight excluding hydrogens is 424 g/mol. The van der Waals surface area contributed by atoms with E-state index < -0.39 is 15.7 Å². The van der Waals surface area contributed by atoms with E-state index in [2.05, 4.69) is 10.2 Å². The van der Waals surface area contributed by atoms with E-state index in [1.54, 1.807) is 12.1 Å². The van der Waals surface area contributed by atoms with Gasteiger partial charge >= 0.3 is 0 Å². The molecule has 0 spiro atoms. The van der Waals surface area contributed by atoms with Crippen molar-refractivity contribution in [1.82, 2.24) is 0 Å². The van der Waals surface area contributed by atoms with Gasteiger partial charge < -0.3 is 10.2 Å². The van der Waals surface area contributed by atoms with Crippen LogP contribution in [0, 0.1) is 0 Å². The van der Waals surface area contributed by atoms with Gasteiger partial charge in [0, 0.05) is 29.8 Å². The summed E-state index contributed by atoms with van der Waals surface area (Å²) >= 11 is 0. The van der Waals surface area contributed by atoms with Gasteiger partial charge in [0.25, 0.3) is 5.91 Å². The van der Waals surface area contributed by atoms with E-state index in [0.717, 1.165) is 31.6 Å². The first kappa shape index (κ1) is 20.5. The normalized spacial score (nSPS) is 16.8. The quantitative estimate of drug-likeness (QED) is 0.507. The second-order valence-electron chi connectivity index (χ2n) is 8.06. The minimum absolute atomic E-state index is 0.0227. The molecule has 0 aromatic heterocycles. The van der Waals surface area contributed by atoms with Gasteiger partial charge in [-0.05, 0) is 61.7 Å². The third-order valence-corrected chi connectivity index (χ3v) is 7.90. The van der Waals surface area contributed by atoms with Gasteiger partial charge in [-0.15, -0.1) is 0 Å². The van der Waals surface area contributed by atoms with E-state index in [4.69, 9.17) is 0 Å². The number of amides is 1. The smallest absolute Gasteiger partial charge is 0.255 e. The average molecular weight is 447 g/mol. The van der Waals surface area contributed by atoms with Crippen molar-refractivity contribution in [2.24, 2.45) is 0 Å². The van der Waals surface area contributed by atoms with Gasteiger partial charge in [-0.25, -0.2) is 8.42 Å². The number of carbonyl (C=O) groups excluding carboxylic acids is 2. The monoisotopic (exact) mass is 446 g/mol. The molecule has 1 fully saturated rings. The summed E-state index contributed by atoms with van der Waals surface area (Å²) in [5.41, 5.74) is 2.08. The maximum Gasteiger partial charge on any atom is 0.255 e. The lowest BCUT2D eigenvalue weighted by atomic mass is 10.0. The molecule has 0 atom stereocenters. The largest absolute Gasteiger partial charge is 0.370 e. The number of benzene rings is 3. The topological polar surface area (TPSA) is 83.6 Å². The van der Waals surface area contributed by atoms with Gasteiger partial charge in [0.05, 0.1) is 21.2 Å². The molecule has 6 nitrogen and oxygen atoms in total. The lowest BCUT2D eigenvalue weighted by Gasteiger charge is -2.30. The number of nitrogens with one attached hydrogen (secondary N) is 1. The van der Waals surface area contributed by atoms with Crippen LogP contribution in [-0.4, -0.2) is 33.2 Å². The SMILES string of the molecule is O=C(Nc1ccccc1N1CCCCC1)c1ccc2c(c1)S(=O)(=O)c1ccccc1C2=O. The van der Waals surface area contributed by atoms with Crippen molar-refractivity contribution in [1.29, 1.82) is 0 Å². The highest BCUT2D eigenvalue weighted by Crippen LogP contribution is 2.35. The average Bonchev–Trinajstić information content (AvgIpc) is 2.83. The number of rotatable bonds is 3. The molecule has 0 aliphatic carbocycles. The van der Waals surface area contributed by atoms with Crippen molar-refractivity contribution >= 4 is 32.9 Å². The molecule has 32 heavy (non-hydrogen) atoms. The molecule has 1 N–H and O–H groups in total. The van der Waals surface area contributed by atoms with Gasteiger partial charge in [0.2, 0.25) is 9.84 Å². The Bertz CT molecular complexity index is 1340. The summed E-state index contributed by atoms with van der Waals surface area (Å²) in [4.78, 5) is 28.0. The zero-order valence-corrected chi connectivity index (χ0v) is 18.2. The van der Waals surface area contributed by atoms with Crippen molar-refractivity contribution in [3.63, 3.8) is 0 Å². The maximum absolute atomic E-state index is 13.1. The summed E-state index contributed by atoms with van der Waals surface area (Å²) in [6.07, 6.45) is 3.43. The molecular formula is C25H22N2O4S. The molecule has 5 rings (SSSR count). The number of anilines is 2. The Morgan fingerprint density at radius 2 is 1.50 bits per heavy atom. The Balaban J connectivity index is 1.49. The van der Waals surface area contributed by atoms with E-state index in [1.165, 1.54) is 36.8 Å². The second-order valence-corrected chi connectivity index (χ2v) is 9.95. The number of carbonyl (C=O) groups is 2. The number of hydrogen-bond donors (Lipinski definition) is 1. The third kappa shape index (κ3) is 3.39. The van der Waals surface area contributed by atoms with Crippen molar-refractivity contribution in [3.8, 4) is 0 Å². The fraction of sp³-hybridized carbons (Fsp3) is 0.200. The molecule has 1 saturated heterocycles. The first-order valence-electron chi connectivity index (χ1n) is 10.6. The Labute approximate surface area is 186 Å². The van der Waals surface area contributed by atoms with E-state index in [9.17, 15) is 18.0 Å². The Hall–Kier alpha value is -3.45. The molecule has 0 radical (unpaired) electrons. The van der Waals surface area contributed by atoms with E-state index in [-0.39, 0.29) is 32.3 Å². The molecule has 7 heteroatoms. The van der Waals surface area contributed by atoms with Gasteiger partial charge in [-0.3, -0.25) is 9.59 Å². The molecule has 2 aliphatic rings. The number of sulfone groups is 1. The number of para-hydroxylation sites is 2. The molecule has 2 aliphatic heterocycles. The van der Waals surface area contributed by atoms with Crippen molar-refractivity contribution in [3.05, 3.63) is 83.4 Å². The standard InChI is InChI=1S/C25H22N2O4S/c28-24-18-8-2-5-11-22(18)32(30,31)23-16-17(12-13-19(23)24)25(29)26-20-9-3-4-10-21(20)27-14-6-1-7-15-27/h2-5,8-13,16H,1,6-7,14-15H2,(H,26,29). The van der Waals surface area contributed by atoms with Crippen molar-refractivity contribution in [2.75, 3.05) is 23.3 Å². The summed E-state index contributed by atoms with van der Waals surface area (Å²) in [5.74, 6) is -0.772. The molecule has 3 aromatic carbocycles. The summed E-state index contributed by atoms with van der Waals surface area (Å²) in [6.45, 7) is 1.87. The first-order chi connectivity index (χ1) is 15.5. The van der Waals surface area contributed by atoms with E-state index in [1.807, 2.05) is 24.3 Å². The third-order valence-electron chi connectivity index (χ3n) is 6.05. The van der Waals surface area contributed by atoms with Crippen LogP contribution in [0.3, 0.4) is 0 Å². The number of nitrogens with zero attached hydrogens (tertiary/aromatic N) is 1. The molecule has 0 saturated carbocycles. The van der Waals surface area contributed by atoms with Crippen LogP contribution in [0.4, 0.5) is 11.4 Å². The lowest BCUT2D eigenvalue weighted by molar-refractivity contribution is 0.101. The predicted molar refractivity (Wildman–Crippen MR) is 122 cm³/mol. The number of piperidine rings is 1. The number of fused-ring (bicyclic) bond motifs is 2. The minimum Gasteiger partial charge on any atom is -0.370 e. The van der Waals surface area contributed by atoms with Crippen LogP contribution in [0.15, 0.2) is 76.5 Å². The first-order valence-corrected chi connectivity index (χ1v) is 12.1. The maximum atomic E-state index is 13.1. The summed E-state index contributed by atoms with van der Waals surface area (Å²) < 4.78 is 26.3. The van der Waals surface area contributed by atoms with Crippen molar-refractivity contribution < 1.29 is 18.0 Å². The number of ketones is 1. The molecule has 0 unspecified atom stereocenters.